The predicted molar refractivity (Wildman–Crippen MR) is 50.0 cm³/mol. The first kappa shape index (κ1) is 12.8. The van der Waals surface area contributed by atoms with Crippen molar-refractivity contribution < 1.29 is 29.9 Å². The molecule has 0 unspecified atom stereocenters. The second-order valence-electron chi connectivity index (χ2n) is 4.06. The topological polar surface area (TPSA) is 99.4 Å². The van der Waals surface area contributed by atoms with Crippen molar-refractivity contribution >= 4 is 0 Å². The third kappa shape index (κ3) is 2.87. The normalized spacial score (nSPS) is 34.0. The minimum atomic E-state index is -1.14. The van der Waals surface area contributed by atoms with Gasteiger partial charge in [0.05, 0.1) is 13.2 Å². The fourth-order valence-corrected chi connectivity index (χ4v) is 1.62. The van der Waals surface area contributed by atoms with Crippen LogP contribution in [0.15, 0.2) is 0 Å². The lowest BCUT2D eigenvalue weighted by molar-refractivity contribution is -0.163. The molecule has 0 amide bonds. The average molecular weight is 222 g/mol. The van der Waals surface area contributed by atoms with Crippen molar-refractivity contribution in [3.05, 3.63) is 0 Å². The number of hydrogen-bond donors (Lipinski definition) is 4. The maximum absolute atomic E-state index is 9.46. The molecule has 0 aliphatic carbocycles. The van der Waals surface area contributed by atoms with Crippen molar-refractivity contribution in [2.45, 2.75) is 44.1 Å². The van der Waals surface area contributed by atoms with E-state index in [0.29, 0.717) is 0 Å². The van der Waals surface area contributed by atoms with E-state index in [1.807, 2.05) is 0 Å². The summed E-state index contributed by atoms with van der Waals surface area (Å²) in [5.41, 5.74) is 0. The van der Waals surface area contributed by atoms with Crippen LogP contribution in [0.1, 0.15) is 13.8 Å². The molecule has 4 N–H and O–H groups in total. The molecule has 90 valence electrons. The highest BCUT2D eigenvalue weighted by Crippen LogP contribution is 2.31. The van der Waals surface area contributed by atoms with Crippen LogP contribution in [0.2, 0.25) is 0 Å². The van der Waals surface area contributed by atoms with Gasteiger partial charge in [-0.2, -0.15) is 0 Å². The summed E-state index contributed by atoms with van der Waals surface area (Å²) in [6, 6.07) is 0. The molecule has 1 heterocycles. The van der Waals surface area contributed by atoms with Gasteiger partial charge in [-0.25, -0.2) is 0 Å². The van der Waals surface area contributed by atoms with E-state index >= 15 is 0 Å². The van der Waals surface area contributed by atoms with Gasteiger partial charge in [0.15, 0.2) is 5.79 Å². The molecule has 6 heteroatoms. The summed E-state index contributed by atoms with van der Waals surface area (Å²) in [5, 5.41) is 36.5. The van der Waals surface area contributed by atoms with Gasteiger partial charge in [0.25, 0.3) is 0 Å². The summed E-state index contributed by atoms with van der Waals surface area (Å²) >= 11 is 0. The van der Waals surface area contributed by atoms with Crippen LogP contribution in [-0.4, -0.2) is 63.8 Å². The van der Waals surface area contributed by atoms with Crippen LogP contribution in [0, 0.1) is 0 Å². The molecule has 0 aromatic heterocycles. The fraction of sp³-hybridized carbons (Fsp3) is 1.00. The second kappa shape index (κ2) is 4.73. The van der Waals surface area contributed by atoms with Gasteiger partial charge in [0.1, 0.15) is 24.4 Å². The Morgan fingerprint density at radius 3 is 1.60 bits per heavy atom. The van der Waals surface area contributed by atoms with E-state index in [2.05, 4.69) is 0 Å². The largest absolute Gasteiger partial charge is 0.394 e. The Bertz CT molecular complexity index is 187. The first-order valence-corrected chi connectivity index (χ1v) is 4.85. The first-order chi connectivity index (χ1) is 6.91. The van der Waals surface area contributed by atoms with Crippen molar-refractivity contribution in [1.29, 1.82) is 0 Å². The second-order valence-corrected chi connectivity index (χ2v) is 4.06. The summed E-state index contributed by atoms with van der Waals surface area (Å²) < 4.78 is 10.7. The summed E-state index contributed by atoms with van der Waals surface area (Å²) in [5.74, 6) is -0.943. The Kier molecular flexibility index (Phi) is 4.05. The maximum Gasteiger partial charge on any atom is 0.164 e. The van der Waals surface area contributed by atoms with E-state index in [0.717, 1.165) is 0 Å². The van der Waals surface area contributed by atoms with Gasteiger partial charge in [-0.1, -0.05) is 0 Å². The molecule has 0 radical (unpaired) electrons. The Balaban J connectivity index is 2.74. The number of hydrogen-bond acceptors (Lipinski definition) is 6. The van der Waals surface area contributed by atoms with E-state index < -0.39 is 43.4 Å². The van der Waals surface area contributed by atoms with Gasteiger partial charge in [0, 0.05) is 0 Å². The molecule has 0 spiro atoms. The molecular weight excluding hydrogens is 204 g/mol. The van der Waals surface area contributed by atoms with Crippen LogP contribution in [0.4, 0.5) is 0 Å². The lowest BCUT2D eigenvalue weighted by Gasteiger charge is -2.23. The van der Waals surface area contributed by atoms with Gasteiger partial charge >= 0.3 is 0 Å². The van der Waals surface area contributed by atoms with E-state index in [1.54, 1.807) is 13.8 Å². The monoisotopic (exact) mass is 222 g/mol. The third-order valence-electron chi connectivity index (χ3n) is 2.30. The number of rotatable bonds is 4. The van der Waals surface area contributed by atoms with Gasteiger partial charge in [-0.15, -0.1) is 0 Å². The quantitative estimate of drug-likeness (QED) is 0.448. The molecule has 15 heavy (non-hydrogen) atoms. The molecular formula is C9H18O6. The Hall–Kier alpha value is -0.240. The van der Waals surface area contributed by atoms with Crippen molar-refractivity contribution in [3.63, 3.8) is 0 Å². The van der Waals surface area contributed by atoms with Gasteiger partial charge in [0.2, 0.25) is 0 Å². The summed E-state index contributed by atoms with van der Waals surface area (Å²) in [6.45, 7) is 2.29. The lowest BCUT2D eigenvalue weighted by atomic mass is 10.0. The predicted octanol–water partition coefficient (Wildman–Crippen LogP) is -1.79. The Morgan fingerprint density at radius 2 is 1.33 bits per heavy atom. The highest BCUT2D eigenvalue weighted by atomic mass is 16.8. The highest BCUT2D eigenvalue weighted by molar-refractivity contribution is 4.90. The van der Waals surface area contributed by atoms with E-state index in [4.69, 9.17) is 19.7 Å². The van der Waals surface area contributed by atoms with Crippen LogP contribution in [0.25, 0.3) is 0 Å². The number of aliphatic hydroxyl groups is 4. The van der Waals surface area contributed by atoms with Crippen LogP contribution < -0.4 is 0 Å². The highest BCUT2D eigenvalue weighted by Gasteiger charge is 2.47. The summed E-state index contributed by atoms with van der Waals surface area (Å²) in [7, 11) is 0. The molecule has 6 nitrogen and oxygen atoms in total. The molecule has 1 fully saturated rings. The molecule has 0 aromatic carbocycles. The smallest absolute Gasteiger partial charge is 0.164 e. The lowest BCUT2D eigenvalue weighted by Crippen LogP contribution is -2.45. The van der Waals surface area contributed by atoms with Crippen molar-refractivity contribution in [2.24, 2.45) is 0 Å². The van der Waals surface area contributed by atoms with E-state index in [1.165, 1.54) is 0 Å². The van der Waals surface area contributed by atoms with Gasteiger partial charge < -0.3 is 29.9 Å². The number of ether oxygens (including phenoxy) is 2. The molecule has 0 aromatic rings. The summed E-state index contributed by atoms with van der Waals surface area (Å²) in [4.78, 5) is 0. The van der Waals surface area contributed by atoms with Crippen molar-refractivity contribution in [1.82, 2.24) is 0 Å². The minimum Gasteiger partial charge on any atom is -0.394 e. The van der Waals surface area contributed by atoms with Crippen molar-refractivity contribution in [2.75, 3.05) is 13.2 Å². The zero-order valence-electron chi connectivity index (χ0n) is 8.83. The average Bonchev–Trinajstić information content (AvgIpc) is 2.52. The van der Waals surface area contributed by atoms with Crippen LogP contribution in [0.3, 0.4) is 0 Å². The van der Waals surface area contributed by atoms with Crippen molar-refractivity contribution in [3.8, 4) is 0 Å². The molecule has 1 rings (SSSR count). The maximum atomic E-state index is 9.46. The molecule has 1 aliphatic heterocycles. The van der Waals surface area contributed by atoms with Gasteiger partial charge in [-0.05, 0) is 13.8 Å². The SMILES string of the molecule is CC1(C)O[C@H]([C@H](O)CO)[C@@H]([C@@H](O)CO)O1. The standard InChI is InChI=1S/C9H18O6/c1-9(2)14-7(5(12)3-10)8(15-9)6(13)4-11/h5-8,10-13H,3-4H2,1-2H3/t5-,6+,7-,8-/m1/s1. The Morgan fingerprint density at radius 1 is 1.00 bits per heavy atom. The zero-order chi connectivity index (χ0) is 11.6. The summed E-state index contributed by atoms with van der Waals surface area (Å²) in [6.07, 6.45) is -3.96. The van der Waals surface area contributed by atoms with E-state index in [9.17, 15) is 10.2 Å². The van der Waals surface area contributed by atoms with Crippen LogP contribution in [-0.2, 0) is 9.47 Å². The fourth-order valence-electron chi connectivity index (χ4n) is 1.62. The van der Waals surface area contributed by atoms with Gasteiger partial charge in [-0.3, -0.25) is 0 Å². The first-order valence-electron chi connectivity index (χ1n) is 4.85. The third-order valence-corrected chi connectivity index (χ3v) is 2.30. The Labute approximate surface area is 88.1 Å². The molecule has 1 saturated heterocycles. The van der Waals surface area contributed by atoms with Crippen LogP contribution >= 0.6 is 0 Å². The zero-order valence-corrected chi connectivity index (χ0v) is 8.83. The minimum absolute atomic E-state index is 0.487. The van der Waals surface area contributed by atoms with Crippen LogP contribution in [0.5, 0.6) is 0 Å². The molecule has 0 bridgehead atoms. The van der Waals surface area contributed by atoms with E-state index in [-0.39, 0.29) is 0 Å². The molecule has 1 aliphatic rings. The number of aliphatic hydroxyl groups excluding tert-OH is 4. The molecule has 0 saturated carbocycles. The molecule has 4 atom stereocenters.